The van der Waals surface area contributed by atoms with Crippen LogP contribution in [-0.2, 0) is 15.4 Å². The van der Waals surface area contributed by atoms with Crippen LogP contribution in [0.15, 0.2) is 11.4 Å². The summed E-state index contributed by atoms with van der Waals surface area (Å²) in [6.07, 6.45) is -7.95. The Morgan fingerprint density at radius 2 is 1.91 bits per heavy atom. The van der Waals surface area contributed by atoms with Crippen molar-refractivity contribution in [2.45, 2.75) is 37.8 Å². The predicted octanol–water partition coefficient (Wildman–Crippen LogP) is 1.03. The predicted molar refractivity (Wildman–Crippen MR) is 77.3 cm³/mol. The Bertz CT molecular complexity index is 588. The Morgan fingerprint density at radius 3 is 2.35 bits per heavy atom. The summed E-state index contributed by atoms with van der Waals surface area (Å²) in [7, 11) is -3.90. The third-order valence-corrected chi connectivity index (χ3v) is 5.74. The number of alkyl halides is 3. The largest absolute Gasteiger partial charge is 0.423 e. The molecule has 0 aliphatic heterocycles. The molecule has 1 rings (SSSR count). The number of rotatable bonds is 8. The zero-order chi connectivity index (χ0) is 17.9. The second kappa shape index (κ2) is 7.43. The summed E-state index contributed by atoms with van der Waals surface area (Å²) in [6.45, 7) is 1.40. The Labute approximate surface area is 135 Å². The maximum atomic E-state index is 13.1. The first kappa shape index (κ1) is 20.3. The molecule has 134 valence electrons. The molecular formula is C12H18F3NO5S2. The minimum Gasteiger partial charge on any atom is -0.375 e. The minimum atomic E-state index is -5.06. The van der Waals surface area contributed by atoms with Gasteiger partial charge in [0.25, 0.3) is 0 Å². The average Bonchev–Trinajstić information content (AvgIpc) is 2.95. The van der Waals surface area contributed by atoms with Crippen molar-refractivity contribution in [3.8, 4) is 0 Å². The molecule has 11 heteroatoms. The summed E-state index contributed by atoms with van der Waals surface area (Å²) in [5, 5.41) is 28.9. The molecule has 3 N–H and O–H groups in total. The van der Waals surface area contributed by atoms with Gasteiger partial charge in [-0.25, -0.2) is 8.42 Å². The second-order valence-corrected chi connectivity index (χ2v) is 8.29. The molecule has 1 aromatic heterocycles. The maximum absolute atomic E-state index is 13.1. The van der Waals surface area contributed by atoms with E-state index in [1.54, 1.807) is 0 Å². The molecule has 1 unspecified atom stereocenters. The molecule has 0 aliphatic rings. The third kappa shape index (κ3) is 5.38. The molecule has 0 radical (unpaired) electrons. The molecule has 1 heterocycles. The van der Waals surface area contributed by atoms with E-state index in [0.717, 1.165) is 17.6 Å². The van der Waals surface area contributed by atoms with Crippen LogP contribution >= 0.6 is 11.5 Å². The normalized spacial score (nSPS) is 17.2. The summed E-state index contributed by atoms with van der Waals surface area (Å²) in [5.41, 5.74) is -3.97. The molecule has 0 bridgehead atoms. The number of nitrogens with zero attached hydrogens (tertiary/aromatic N) is 1. The molecule has 0 aromatic carbocycles. The summed E-state index contributed by atoms with van der Waals surface area (Å²) < 4.78 is 66.5. The first-order chi connectivity index (χ1) is 10.4. The van der Waals surface area contributed by atoms with Gasteiger partial charge in [-0.3, -0.25) is 0 Å². The lowest BCUT2D eigenvalue weighted by Gasteiger charge is -2.28. The van der Waals surface area contributed by atoms with E-state index in [4.69, 9.17) is 10.2 Å². The van der Waals surface area contributed by atoms with Crippen LogP contribution in [0.1, 0.15) is 25.5 Å². The van der Waals surface area contributed by atoms with Gasteiger partial charge in [-0.15, -0.1) is 0 Å². The number of halogens is 3. The fourth-order valence-corrected chi connectivity index (χ4v) is 3.88. The summed E-state index contributed by atoms with van der Waals surface area (Å²) in [6, 6.07) is 0.995. The third-order valence-electron chi connectivity index (χ3n) is 3.50. The smallest absolute Gasteiger partial charge is 0.375 e. The Hall–Kier alpha value is -0.750. The van der Waals surface area contributed by atoms with Crippen LogP contribution in [0, 0.1) is 5.92 Å². The summed E-state index contributed by atoms with van der Waals surface area (Å²) in [4.78, 5) is 0. The van der Waals surface area contributed by atoms with E-state index >= 15 is 0 Å². The van der Waals surface area contributed by atoms with Crippen LogP contribution in [0.2, 0.25) is 0 Å². The van der Waals surface area contributed by atoms with Gasteiger partial charge in [0, 0.05) is 17.7 Å². The van der Waals surface area contributed by atoms with Crippen LogP contribution < -0.4 is 0 Å². The van der Waals surface area contributed by atoms with Crippen molar-refractivity contribution in [3.63, 3.8) is 0 Å². The van der Waals surface area contributed by atoms with Crippen molar-refractivity contribution in [2.24, 2.45) is 5.92 Å². The van der Waals surface area contributed by atoms with Crippen molar-refractivity contribution < 1.29 is 36.9 Å². The van der Waals surface area contributed by atoms with Crippen molar-refractivity contribution >= 4 is 21.4 Å². The van der Waals surface area contributed by atoms with Gasteiger partial charge in [-0.1, -0.05) is 6.92 Å². The number of aliphatic hydroxyl groups is 3. The van der Waals surface area contributed by atoms with Crippen molar-refractivity contribution in [1.82, 2.24) is 4.37 Å². The van der Waals surface area contributed by atoms with Gasteiger partial charge in [0.15, 0.2) is 6.29 Å². The van der Waals surface area contributed by atoms with Gasteiger partial charge in [-0.2, -0.15) is 17.5 Å². The van der Waals surface area contributed by atoms with Gasteiger partial charge in [0.05, 0.1) is 17.2 Å². The number of sulfone groups is 1. The molecule has 0 saturated heterocycles. The van der Waals surface area contributed by atoms with Crippen LogP contribution in [0.3, 0.4) is 0 Å². The van der Waals surface area contributed by atoms with Crippen LogP contribution in [-0.4, -0.2) is 52.1 Å². The van der Waals surface area contributed by atoms with E-state index in [1.807, 2.05) is 0 Å². The summed E-state index contributed by atoms with van der Waals surface area (Å²) >= 11 is 0.718. The molecule has 0 spiro atoms. The molecule has 0 amide bonds. The lowest BCUT2D eigenvalue weighted by atomic mass is 9.96. The second-order valence-electron chi connectivity index (χ2n) is 5.32. The van der Waals surface area contributed by atoms with E-state index in [9.17, 15) is 26.7 Å². The lowest BCUT2D eigenvalue weighted by Crippen LogP contribution is -2.44. The van der Waals surface area contributed by atoms with E-state index in [2.05, 4.69) is 4.37 Å². The van der Waals surface area contributed by atoms with E-state index in [1.165, 1.54) is 12.3 Å². The minimum absolute atomic E-state index is 0.110. The Morgan fingerprint density at radius 1 is 1.30 bits per heavy atom. The first-order valence-electron chi connectivity index (χ1n) is 6.65. The van der Waals surface area contributed by atoms with Crippen LogP contribution in [0.4, 0.5) is 13.2 Å². The van der Waals surface area contributed by atoms with Gasteiger partial charge < -0.3 is 15.3 Å². The van der Waals surface area contributed by atoms with Gasteiger partial charge in [0.2, 0.25) is 5.60 Å². The highest BCUT2D eigenvalue weighted by Gasteiger charge is 2.56. The molecule has 0 aliphatic carbocycles. The molecule has 0 fully saturated rings. The fourth-order valence-electron chi connectivity index (χ4n) is 1.76. The van der Waals surface area contributed by atoms with Crippen LogP contribution in [0.25, 0.3) is 0 Å². The molecule has 1 aromatic rings. The fraction of sp³-hybridized carbons (Fsp3) is 0.750. The van der Waals surface area contributed by atoms with E-state index in [0.29, 0.717) is 0 Å². The number of aromatic nitrogens is 1. The first-order valence-corrected chi connectivity index (χ1v) is 9.31. The topological polar surface area (TPSA) is 108 Å². The number of hydrogen-bond donors (Lipinski definition) is 3. The zero-order valence-corrected chi connectivity index (χ0v) is 13.8. The van der Waals surface area contributed by atoms with Gasteiger partial charge >= 0.3 is 6.18 Å². The summed E-state index contributed by atoms with van der Waals surface area (Å²) in [5.74, 6) is -2.13. The van der Waals surface area contributed by atoms with Crippen LogP contribution in [0.5, 0.6) is 0 Å². The standard InChI is InChI=1S/C12H18F3NO5S2/c1-8(10(17)18)3-6-23(20,21)7-4-11(19,12(13,14)15)9-2-5-22-16-9/h2,5,8,10,17-19H,3-4,6-7H2,1H3/t8-,11?/m0/s1. The van der Waals surface area contributed by atoms with Crippen molar-refractivity contribution in [3.05, 3.63) is 17.1 Å². The SMILES string of the molecule is C[C@@H](CCS(=O)(=O)CCC(O)(c1ccsn1)C(F)(F)F)C(O)O. The monoisotopic (exact) mass is 377 g/mol. The van der Waals surface area contributed by atoms with E-state index in [-0.39, 0.29) is 6.42 Å². The zero-order valence-electron chi connectivity index (χ0n) is 12.2. The number of aliphatic hydroxyl groups excluding tert-OH is 1. The Kier molecular flexibility index (Phi) is 6.55. The van der Waals surface area contributed by atoms with Crippen molar-refractivity contribution in [2.75, 3.05) is 11.5 Å². The average molecular weight is 377 g/mol. The van der Waals surface area contributed by atoms with Gasteiger partial charge in [0.1, 0.15) is 9.84 Å². The quantitative estimate of drug-likeness (QED) is 0.584. The highest BCUT2D eigenvalue weighted by atomic mass is 32.2. The molecular weight excluding hydrogens is 359 g/mol. The maximum Gasteiger partial charge on any atom is 0.423 e. The Balaban J connectivity index is 2.80. The molecule has 6 nitrogen and oxygen atoms in total. The number of hydrogen-bond acceptors (Lipinski definition) is 7. The molecule has 23 heavy (non-hydrogen) atoms. The lowest BCUT2D eigenvalue weighted by molar-refractivity contribution is -0.268. The van der Waals surface area contributed by atoms with Crippen molar-refractivity contribution in [1.29, 1.82) is 0 Å². The van der Waals surface area contributed by atoms with E-state index < -0.39 is 57.4 Å². The molecule has 0 saturated carbocycles. The highest BCUT2D eigenvalue weighted by molar-refractivity contribution is 7.91. The molecule has 2 atom stereocenters. The van der Waals surface area contributed by atoms with Gasteiger partial charge in [-0.05, 0) is 24.0 Å². The highest BCUT2D eigenvalue weighted by Crippen LogP contribution is 2.41.